The number of nitrogens with zero attached hydrogens (tertiary/aromatic N) is 1. The van der Waals surface area contributed by atoms with Crippen molar-refractivity contribution in [1.29, 1.82) is 0 Å². The Labute approximate surface area is 127 Å². The third-order valence-electron chi connectivity index (χ3n) is 4.22. The van der Waals surface area contributed by atoms with Crippen LogP contribution in [0.25, 0.3) is 0 Å². The highest BCUT2D eigenvalue weighted by molar-refractivity contribution is 6.30. The van der Waals surface area contributed by atoms with Crippen LogP contribution >= 0.6 is 11.6 Å². The molecule has 2 nitrogen and oxygen atoms in total. The zero-order valence-corrected chi connectivity index (χ0v) is 12.3. The van der Waals surface area contributed by atoms with Gasteiger partial charge in [-0.15, -0.1) is 0 Å². The Bertz CT molecular complexity index is 514. The van der Waals surface area contributed by atoms with Gasteiger partial charge in [-0.05, 0) is 49.9 Å². The summed E-state index contributed by atoms with van der Waals surface area (Å²) in [5.74, 6) is 0.618. The van der Waals surface area contributed by atoms with Gasteiger partial charge in [-0.2, -0.15) is 13.2 Å². The molecular formula is C15H18ClF3N2. The van der Waals surface area contributed by atoms with Crippen LogP contribution in [0.3, 0.4) is 0 Å². The molecule has 1 saturated carbocycles. The molecule has 21 heavy (non-hydrogen) atoms. The first-order valence-electron chi connectivity index (χ1n) is 7.30. The number of nitrogens with one attached hydrogen (secondary N) is 1. The van der Waals surface area contributed by atoms with Crippen LogP contribution in [-0.4, -0.2) is 25.7 Å². The van der Waals surface area contributed by atoms with Gasteiger partial charge in [0.25, 0.3) is 0 Å². The van der Waals surface area contributed by atoms with E-state index in [4.69, 9.17) is 11.6 Å². The normalized spacial score (nSPS) is 24.0. The third-order valence-corrected chi connectivity index (χ3v) is 4.46. The second-order valence-electron chi connectivity index (χ2n) is 5.86. The highest BCUT2D eigenvalue weighted by Gasteiger charge is 2.37. The largest absolute Gasteiger partial charge is 0.418 e. The summed E-state index contributed by atoms with van der Waals surface area (Å²) >= 11 is 5.75. The first-order chi connectivity index (χ1) is 9.95. The summed E-state index contributed by atoms with van der Waals surface area (Å²) in [6.07, 6.45) is -1.17. The average molecular weight is 319 g/mol. The molecule has 6 heteroatoms. The van der Waals surface area contributed by atoms with E-state index in [1.807, 2.05) is 4.90 Å². The van der Waals surface area contributed by atoms with Crippen molar-refractivity contribution in [2.75, 3.05) is 24.5 Å². The maximum absolute atomic E-state index is 13.3. The van der Waals surface area contributed by atoms with E-state index in [9.17, 15) is 13.2 Å². The van der Waals surface area contributed by atoms with Gasteiger partial charge in [-0.25, -0.2) is 0 Å². The zero-order valence-electron chi connectivity index (χ0n) is 11.6. The Morgan fingerprint density at radius 2 is 2.00 bits per heavy atom. The van der Waals surface area contributed by atoms with Crippen molar-refractivity contribution < 1.29 is 13.2 Å². The Balaban J connectivity index is 1.90. The minimum Gasteiger partial charge on any atom is -0.369 e. The van der Waals surface area contributed by atoms with Crippen LogP contribution in [0.1, 0.15) is 24.8 Å². The SMILES string of the molecule is FC(F)(F)c1cc(Cl)ccc1N1CCCNC(C2CC2)C1. The van der Waals surface area contributed by atoms with E-state index >= 15 is 0 Å². The summed E-state index contributed by atoms with van der Waals surface area (Å²) in [7, 11) is 0. The number of hydrogen-bond acceptors (Lipinski definition) is 2. The van der Waals surface area contributed by atoms with Crippen molar-refractivity contribution in [3.8, 4) is 0 Å². The van der Waals surface area contributed by atoms with Gasteiger partial charge in [-0.1, -0.05) is 11.6 Å². The molecule has 1 aromatic rings. The van der Waals surface area contributed by atoms with Crippen molar-refractivity contribution in [3.05, 3.63) is 28.8 Å². The van der Waals surface area contributed by atoms with Gasteiger partial charge in [0.2, 0.25) is 0 Å². The highest BCUT2D eigenvalue weighted by Crippen LogP contribution is 2.40. The van der Waals surface area contributed by atoms with Crippen LogP contribution < -0.4 is 10.2 Å². The maximum atomic E-state index is 13.3. The average Bonchev–Trinajstić information content (AvgIpc) is 3.24. The molecule has 0 amide bonds. The van der Waals surface area contributed by atoms with Crippen LogP contribution in [0.4, 0.5) is 18.9 Å². The van der Waals surface area contributed by atoms with Crippen LogP contribution in [0.15, 0.2) is 18.2 Å². The highest BCUT2D eigenvalue weighted by atomic mass is 35.5. The Morgan fingerprint density at radius 1 is 1.24 bits per heavy atom. The molecule has 0 aromatic heterocycles. The maximum Gasteiger partial charge on any atom is 0.418 e. The molecule has 1 heterocycles. The van der Waals surface area contributed by atoms with Gasteiger partial charge < -0.3 is 10.2 Å². The molecule has 1 atom stereocenters. The molecular weight excluding hydrogens is 301 g/mol. The van der Waals surface area contributed by atoms with Crippen molar-refractivity contribution in [1.82, 2.24) is 5.32 Å². The zero-order chi connectivity index (χ0) is 15.0. The molecule has 0 radical (unpaired) electrons. The molecule has 1 aromatic carbocycles. The molecule has 3 rings (SSSR count). The van der Waals surface area contributed by atoms with Gasteiger partial charge in [0, 0.05) is 29.8 Å². The monoisotopic (exact) mass is 318 g/mol. The summed E-state index contributed by atoms with van der Waals surface area (Å²) < 4.78 is 39.8. The lowest BCUT2D eigenvalue weighted by Crippen LogP contribution is -2.39. The van der Waals surface area contributed by atoms with Crippen molar-refractivity contribution in [2.24, 2.45) is 5.92 Å². The fourth-order valence-corrected chi connectivity index (χ4v) is 3.17. The van der Waals surface area contributed by atoms with E-state index in [1.54, 1.807) is 0 Å². The summed E-state index contributed by atoms with van der Waals surface area (Å²) in [6.45, 7) is 2.14. The van der Waals surface area contributed by atoms with Crippen molar-refractivity contribution in [2.45, 2.75) is 31.5 Å². The van der Waals surface area contributed by atoms with E-state index in [1.165, 1.54) is 25.0 Å². The molecule has 116 valence electrons. The summed E-state index contributed by atoms with van der Waals surface area (Å²) in [6, 6.07) is 4.36. The predicted molar refractivity (Wildman–Crippen MR) is 77.8 cm³/mol. The molecule has 2 aliphatic rings. The lowest BCUT2D eigenvalue weighted by molar-refractivity contribution is -0.137. The molecule has 1 N–H and O–H groups in total. The van der Waals surface area contributed by atoms with E-state index < -0.39 is 11.7 Å². The Hall–Kier alpha value is -0.940. The van der Waals surface area contributed by atoms with E-state index in [0.29, 0.717) is 25.0 Å². The van der Waals surface area contributed by atoms with E-state index in [2.05, 4.69) is 5.32 Å². The number of benzene rings is 1. The van der Waals surface area contributed by atoms with Gasteiger partial charge in [0.05, 0.1) is 5.56 Å². The standard InChI is InChI=1S/C15H18ClF3N2/c16-11-4-5-14(12(8-11)15(17,18)19)21-7-1-6-20-13(9-21)10-2-3-10/h4-5,8,10,13,20H,1-3,6-7,9H2. The lowest BCUT2D eigenvalue weighted by Gasteiger charge is -2.29. The molecule has 1 aliphatic heterocycles. The van der Waals surface area contributed by atoms with Crippen LogP contribution in [0.2, 0.25) is 5.02 Å². The fourth-order valence-electron chi connectivity index (χ4n) is 2.99. The number of rotatable bonds is 2. The first-order valence-corrected chi connectivity index (χ1v) is 7.68. The predicted octanol–water partition coefficient (Wildman–Crippen LogP) is 3.94. The smallest absolute Gasteiger partial charge is 0.369 e. The molecule has 0 bridgehead atoms. The van der Waals surface area contributed by atoms with Crippen LogP contribution in [-0.2, 0) is 6.18 Å². The number of anilines is 1. The molecule has 0 spiro atoms. The lowest BCUT2D eigenvalue weighted by atomic mass is 10.1. The van der Waals surface area contributed by atoms with E-state index in [-0.39, 0.29) is 10.7 Å². The van der Waals surface area contributed by atoms with Crippen molar-refractivity contribution >= 4 is 17.3 Å². The third kappa shape index (κ3) is 3.46. The number of halogens is 4. The summed E-state index contributed by atoms with van der Waals surface area (Å²) in [5, 5.41) is 3.59. The second kappa shape index (κ2) is 5.69. The summed E-state index contributed by atoms with van der Waals surface area (Å²) in [4.78, 5) is 1.86. The van der Waals surface area contributed by atoms with Crippen molar-refractivity contribution in [3.63, 3.8) is 0 Å². The Morgan fingerprint density at radius 3 is 2.67 bits per heavy atom. The van der Waals surface area contributed by atoms with Gasteiger partial charge in [0.1, 0.15) is 0 Å². The molecule has 1 unspecified atom stereocenters. The second-order valence-corrected chi connectivity index (χ2v) is 6.29. The van der Waals surface area contributed by atoms with Gasteiger partial charge in [-0.3, -0.25) is 0 Å². The topological polar surface area (TPSA) is 15.3 Å². The summed E-state index contributed by atoms with van der Waals surface area (Å²) in [5.41, 5.74) is -0.382. The molecule has 1 aliphatic carbocycles. The van der Waals surface area contributed by atoms with Gasteiger partial charge >= 0.3 is 6.18 Å². The van der Waals surface area contributed by atoms with Crippen LogP contribution in [0, 0.1) is 5.92 Å². The first kappa shape index (κ1) is 15.0. The van der Waals surface area contributed by atoms with E-state index in [0.717, 1.165) is 19.0 Å². The molecule has 2 fully saturated rings. The number of alkyl halides is 3. The molecule has 1 saturated heterocycles. The minimum absolute atomic E-state index is 0.123. The number of hydrogen-bond donors (Lipinski definition) is 1. The fraction of sp³-hybridized carbons (Fsp3) is 0.600. The van der Waals surface area contributed by atoms with Crippen LogP contribution in [0.5, 0.6) is 0 Å². The van der Waals surface area contributed by atoms with Gasteiger partial charge in [0.15, 0.2) is 0 Å². The Kier molecular flexibility index (Phi) is 4.06. The quantitative estimate of drug-likeness (QED) is 0.888. The minimum atomic E-state index is -4.38.